The number of benzene rings is 4. The Labute approximate surface area is 203 Å². The van der Waals surface area contributed by atoms with E-state index < -0.39 is 5.91 Å². The van der Waals surface area contributed by atoms with Gasteiger partial charge in [0, 0.05) is 22.5 Å². The summed E-state index contributed by atoms with van der Waals surface area (Å²) in [5.74, 6) is -0.933. The van der Waals surface area contributed by atoms with Crippen molar-refractivity contribution in [3.8, 4) is 22.3 Å². The number of carbonyl (C=O) groups is 2. The highest BCUT2D eigenvalue weighted by Crippen LogP contribution is 2.40. The first-order valence-electron chi connectivity index (χ1n) is 11.3. The van der Waals surface area contributed by atoms with Crippen LogP contribution in [0.5, 0.6) is 0 Å². The van der Waals surface area contributed by atoms with Crippen molar-refractivity contribution in [3.63, 3.8) is 0 Å². The van der Waals surface area contributed by atoms with E-state index >= 15 is 0 Å². The normalized spacial score (nSPS) is 10.6. The van der Waals surface area contributed by atoms with E-state index in [0.717, 1.165) is 11.1 Å². The molecule has 0 aliphatic rings. The first kappa shape index (κ1) is 21.9. The zero-order chi connectivity index (χ0) is 24.2. The van der Waals surface area contributed by atoms with Crippen molar-refractivity contribution in [2.75, 3.05) is 4.90 Å². The summed E-state index contributed by atoms with van der Waals surface area (Å²) in [5, 5.41) is 0. The molecule has 5 nitrogen and oxygen atoms in total. The highest BCUT2D eigenvalue weighted by Gasteiger charge is 2.30. The van der Waals surface area contributed by atoms with Gasteiger partial charge in [0.2, 0.25) is 0 Å². The highest BCUT2D eigenvalue weighted by atomic mass is 16.2. The van der Waals surface area contributed by atoms with Crippen LogP contribution < -0.4 is 10.6 Å². The summed E-state index contributed by atoms with van der Waals surface area (Å²) in [5.41, 5.74) is 10.5. The number of aromatic amines is 1. The Hall–Kier alpha value is -4.90. The molecule has 5 rings (SSSR count). The van der Waals surface area contributed by atoms with E-state index in [1.165, 1.54) is 0 Å². The third-order valence-electron chi connectivity index (χ3n) is 5.82. The lowest BCUT2D eigenvalue weighted by Crippen LogP contribution is -2.27. The second-order valence-electron chi connectivity index (χ2n) is 8.03. The number of rotatable bonds is 6. The molecule has 1 aromatic heterocycles. The van der Waals surface area contributed by atoms with E-state index in [0.29, 0.717) is 22.5 Å². The van der Waals surface area contributed by atoms with Crippen LogP contribution in [0.15, 0.2) is 121 Å². The van der Waals surface area contributed by atoms with Crippen molar-refractivity contribution < 1.29 is 9.59 Å². The molecule has 170 valence electrons. The molecular weight excluding hydrogens is 434 g/mol. The lowest BCUT2D eigenvalue weighted by Gasteiger charge is -2.23. The van der Waals surface area contributed by atoms with Crippen molar-refractivity contribution in [2.24, 2.45) is 5.73 Å². The fourth-order valence-corrected chi connectivity index (χ4v) is 4.28. The summed E-state index contributed by atoms with van der Waals surface area (Å²) >= 11 is 0. The molecule has 0 unspecified atom stereocenters. The maximum atomic E-state index is 14.3. The summed E-state index contributed by atoms with van der Waals surface area (Å²) in [6.07, 6.45) is 0. The molecule has 0 saturated heterocycles. The molecule has 0 fully saturated rings. The maximum absolute atomic E-state index is 14.3. The monoisotopic (exact) mass is 457 g/mol. The Kier molecular flexibility index (Phi) is 5.97. The second kappa shape index (κ2) is 9.53. The minimum Gasteiger partial charge on any atom is -0.364 e. The number of carbonyl (C=O) groups excluding carboxylic acids is 2. The number of nitrogens with one attached hydrogen (secondary N) is 1. The lowest BCUT2D eigenvalue weighted by atomic mass is 9.94. The van der Waals surface area contributed by atoms with Crippen LogP contribution in [0.3, 0.4) is 0 Å². The third kappa shape index (κ3) is 4.23. The molecular formula is C30H23N3O2. The van der Waals surface area contributed by atoms with Crippen molar-refractivity contribution in [1.82, 2.24) is 4.98 Å². The number of hydrogen-bond acceptors (Lipinski definition) is 2. The first-order chi connectivity index (χ1) is 17.1. The van der Waals surface area contributed by atoms with Crippen LogP contribution in [0.2, 0.25) is 0 Å². The Morgan fingerprint density at radius 2 is 0.914 bits per heavy atom. The van der Waals surface area contributed by atoms with E-state index in [4.69, 9.17) is 5.73 Å². The molecule has 5 heteroatoms. The summed E-state index contributed by atoms with van der Waals surface area (Å²) in [6, 6.07) is 37.9. The van der Waals surface area contributed by atoms with Gasteiger partial charge >= 0.3 is 0 Å². The lowest BCUT2D eigenvalue weighted by molar-refractivity contribution is 0.0995. The van der Waals surface area contributed by atoms with Gasteiger partial charge in [-0.25, -0.2) is 0 Å². The molecule has 0 radical (unpaired) electrons. The number of nitrogens with two attached hydrogens (primary N) is 1. The van der Waals surface area contributed by atoms with Gasteiger partial charge in [-0.05, 0) is 35.4 Å². The van der Waals surface area contributed by atoms with Gasteiger partial charge in [0.05, 0.1) is 0 Å². The van der Waals surface area contributed by atoms with Gasteiger partial charge in [-0.2, -0.15) is 0 Å². The SMILES string of the molecule is NC(=O)c1[nH]c(C(=O)N(c2ccccc2)c2ccccc2)c(-c2ccccc2)c1-c1ccccc1. The number of primary amides is 1. The van der Waals surface area contributed by atoms with Gasteiger partial charge in [-0.3, -0.25) is 14.5 Å². The van der Waals surface area contributed by atoms with Crippen molar-refractivity contribution in [3.05, 3.63) is 133 Å². The van der Waals surface area contributed by atoms with E-state index in [1.807, 2.05) is 121 Å². The number of hydrogen-bond donors (Lipinski definition) is 2. The molecule has 0 bridgehead atoms. The highest BCUT2D eigenvalue weighted by molar-refractivity contribution is 6.17. The van der Waals surface area contributed by atoms with Gasteiger partial charge < -0.3 is 10.7 Å². The van der Waals surface area contributed by atoms with E-state index in [2.05, 4.69) is 4.98 Å². The van der Waals surface area contributed by atoms with Gasteiger partial charge in [0.15, 0.2) is 0 Å². The fraction of sp³-hybridized carbons (Fsp3) is 0. The number of amides is 2. The minimum absolute atomic E-state index is 0.194. The Morgan fingerprint density at radius 3 is 1.31 bits per heavy atom. The van der Waals surface area contributed by atoms with Crippen LogP contribution in [0, 0.1) is 0 Å². The molecule has 5 aromatic rings. The van der Waals surface area contributed by atoms with Crippen molar-refractivity contribution in [2.45, 2.75) is 0 Å². The summed E-state index contributed by atoms with van der Waals surface area (Å²) in [4.78, 5) is 31.6. The molecule has 0 atom stereocenters. The van der Waals surface area contributed by atoms with Gasteiger partial charge in [-0.1, -0.05) is 97.1 Å². The molecule has 3 N–H and O–H groups in total. The maximum Gasteiger partial charge on any atom is 0.279 e. The van der Waals surface area contributed by atoms with E-state index in [9.17, 15) is 9.59 Å². The molecule has 4 aromatic carbocycles. The standard InChI is InChI=1S/C30H23N3O2/c31-29(34)27-25(21-13-5-1-6-14-21)26(22-15-7-2-8-16-22)28(32-27)30(35)33(23-17-9-3-10-18-23)24-19-11-4-12-20-24/h1-20,32H,(H2,31,34). The molecule has 0 aliphatic carbocycles. The second-order valence-corrected chi connectivity index (χ2v) is 8.03. The van der Waals surface area contributed by atoms with Gasteiger partial charge in [0.1, 0.15) is 11.4 Å². The molecule has 35 heavy (non-hydrogen) atoms. The van der Waals surface area contributed by atoms with Crippen LogP contribution >= 0.6 is 0 Å². The Morgan fingerprint density at radius 1 is 0.543 bits per heavy atom. The van der Waals surface area contributed by atoms with Gasteiger partial charge in [-0.15, -0.1) is 0 Å². The predicted molar refractivity (Wildman–Crippen MR) is 140 cm³/mol. The number of aromatic nitrogens is 1. The van der Waals surface area contributed by atoms with Crippen LogP contribution in [0.25, 0.3) is 22.3 Å². The molecule has 1 heterocycles. The number of para-hydroxylation sites is 2. The Balaban J connectivity index is 1.79. The zero-order valence-electron chi connectivity index (χ0n) is 18.9. The number of anilines is 2. The molecule has 0 spiro atoms. The third-order valence-corrected chi connectivity index (χ3v) is 5.82. The molecule has 2 amide bonds. The first-order valence-corrected chi connectivity index (χ1v) is 11.3. The minimum atomic E-state index is -0.633. The number of nitrogens with zero attached hydrogens (tertiary/aromatic N) is 1. The van der Waals surface area contributed by atoms with Crippen LogP contribution in [-0.2, 0) is 0 Å². The number of H-pyrrole nitrogens is 1. The fourth-order valence-electron chi connectivity index (χ4n) is 4.28. The smallest absolute Gasteiger partial charge is 0.279 e. The summed E-state index contributed by atoms with van der Waals surface area (Å²) < 4.78 is 0. The zero-order valence-corrected chi connectivity index (χ0v) is 18.9. The predicted octanol–water partition coefficient (Wildman–Crippen LogP) is 6.43. The summed E-state index contributed by atoms with van der Waals surface area (Å²) in [6.45, 7) is 0. The van der Waals surface area contributed by atoms with E-state index in [-0.39, 0.29) is 17.3 Å². The van der Waals surface area contributed by atoms with Gasteiger partial charge in [0.25, 0.3) is 11.8 Å². The van der Waals surface area contributed by atoms with E-state index in [1.54, 1.807) is 4.90 Å². The van der Waals surface area contributed by atoms with Crippen molar-refractivity contribution in [1.29, 1.82) is 0 Å². The average Bonchev–Trinajstić information content (AvgIpc) is 3.32. The van der Waals surface area contributed by atoms with Crippen LogP contribution in [0.1, 0.15) is 21.0 Å². The molecule has 0 aliphatic heterocycles. The molecule has 0 saturated carbocycles. The quantitative estimate of drug-likeness (QED) is 0.308. The van der Waals surface area contributed by atoms with Crippen molar-refractivity contribution >= 4 is 23.2 Å². The van der Waals surface area contributed by atoms with Crippen LogP contribution in [-0.4, -0.2) is 16.8 Å². The average molecular weight is 458 g/mol. The topological polar surface area (TPSA) is 79.2 Å². The summed E-state index contributed by atoms with van der Waals surface area (Å²) in [7, 11) is 0. The largest absolute Gasteiger partial charge is 0.364 e. The Bertz CT molecular complexity index is 1420. The van der Waals surface area contributed by atoms with Crippen LogP contribution in [0.4, 0.5) is 11.4 Å².